The lowest BCUT2D eigenvalue weighted by atomic mass is 10.1. The van der Waals surface area contributed by atoms with Crippen molar-refractivity contribution < 1.29 is 29.0 Å². The molecule has 0 saturated carbocycles. The minimum Gasteiger partial charge on any atom is -0.481 e. The summed E-state index contributed by atoms with van der Waals surface area (Å²) >= 11 is 0. The first-order chi connectivity index (χ1) is 15.5. The van der Waals surface area contributed by atoms with Crippen molar-refractivity contribution in [1.82, 2.24) is 31.3 Å². The predicted octanol–water partition coefficient (Wildman–Crippen LogP) is 0.142. The molecule has 2 aromatic rings. The lowest BCUT2D eigenvalue weighted by molar-refractivity contribution is -0.139. The number of alkyl carbamates (subject to hydrolysis) is 1. The van der Waals surface area contributed by atoms with Crippen molar-refractivity contribution in [3.8, 4) is 0 Å². The first-order valence-electron chi connectivity index (χ1n) is 10.2. The number of fused-ring (bicyclic) bond motifs is 1. The smallest absolute Gasteiger partial charge is 0.408 e. The number of H-pyrrole nitrogens is 1. The van der Waals surface area contributed by atoms with E-state index < -0.39 is 48.0 Å². The Morgan fingerprint density at radius 3 is 2.64 bits per heavy atom. The van der Waals surface area contributed by atoms with Gasteiger partial charge >= 0.3 is 12.1 Å². The van der Waals surface area contributed by atoms with Gasteiger partial charge in [-0.25, -0.2) is 4.79 Å². The molecule has 176 valence electrons. The molecule has 3 amide bonds. The number of benzene rings is 1. The first-order valence-corrected chi connectivity index (χ1v) is 10.2. The van der Waals surface area contributed by atoms with Crippen LogP contribution in [-0.4, -0.2) is 67.3 Å². The van der Waals surface area contributed by atoms with E-state index in [0.29, 0.717) is 5.69 Å². The summed E-state index contributed by atoms with van der Waals surface area (Å²) in [6, 6.07) is 4.50. The number of carbonyl (C=O) groups excluding carboxylic acids is 3. The van der Waals surface area contributed by atoms with E-state index in [1.807, 2.05) is 0 Å². The lowest BCUT2D eigenvalue weighted by Crippen LogP contribution is -2.55. The quantitative estimate of drug-likeness (QED) is 0.448. The average Bonchev–Trinajstić information content (AvgIpc) is 3.37. The Hall–Kier alpha value is -4.03. The largest absolute Gasteiger partial charge is 0.481 e. The third-order valence-electron chi connectivity index (χ3n) is 4.69. The molecule has 1 aromatic carbocycles. The highest BCUT2D eigenvalue weighted by Crippen LogP contribution is 2.33. The predicted molar refractivity (Wildman–Crippen MR) is 113 cm³/mol. The minimum absolute atomic E-state index is 0.0150. The van der Waals surface area contributed by atoms with Crippen LogP contribution in [0.15, 0.2) is 24.3 Å². The fraction of sp³-hybridized carbons (Fsp3) is 0.450. The summed E-state index contributed by atoms with van der Waals surface area (Å²) in [6.07, 6.45) is -1.41. The van der Waals surface area contributed by atoms with E-state index >= 15 is 0 Å². The number of hydrogen-bond donors (Lipinski definition) is 4. The Kier molecular flexibility index (Phi) is 6.89. The number of nitrogens with zero attached hydrogens (tertiary/aromatic N) is 4. The van der Waals surface area contributed by atoms with Gasteiger partial charge in [-0.05, 0) is 32.4 Å². The van der Waals surface area contributed by atoms with Gasteiger partial charge in [0.05, 0.1) is 13.0 Å². The monoisotopic (exact) mass is 459 g/mol. The van der Waals surface area contributed by atoms with Gasteiger partial charge < -0.3 is 20.5 Å². The number of amides is 3. The van der Waals surface area contributed by atoms with Crippen LogP contribution in [0.2, 0.25) is 0 Å². The topological polar surface area (TPSA) is 180 Å². The van der Waals surface area contributed by atoms with Gasteiger partial charge in [0.25, 0.3) is 5.91 Å². The number of carboxylic acids is 1. The van der Waals surface area contributed by atoms with Crippen LogP contribution in [0.1, 0.15) is 38.6 Å². The molecule has 13 nitrogen and oxygen atoms in total. The van der Waals surface area contributed by atoms with Crippen LogP contribution >= 0.6 is 0 Å². The van der Waals surface area contributed by atoms with Gasteiger partial charge in [-0.15, -0.1) is 10.2 Å². The molecule has 0 aliphatic carbocycles. The summed E-state index contributed by atoms with van der Waals surface area (Å²) in [4.78, 5) is 51.3. The molecular formula is C20H25N7O6. The van der Waals surface area contributed by atoms with Crippen molar-refractivity contribution in [3.63, 3.8) is 0 Å². The number of anilines is 1. The number of hydrogen-bond acceptors (Lipinski definition) is 8. The summed E-state index contributed by atoms with van der Waals surface area (Å²) in [5, 5.41) is 27.5. The molecule has 13 heteroatoms. The molecule has 3 rings (SSSR count). The SMILES string of the molecule is CC(C)(C)OC(=O)NC(CC(=O)O)C(=O)N1c2ccccc2CC1C(=O)NCc1nn[nH]n1. The summed E-state index contributed by atoms with van der Waals surface area (Å²) in [7, 11) is 0. The standard InChI is InChI=1S/C20H25N7O6/c1-20(2,3)33-19(32)22-12(9-16(28)29)18(31)27-13-7-5-4-6-11(13)8-14(27)17(30)21-10-15-23-25-26-24-15/h4-7,12,14H,8-10H2,1-3H3,(H,21,30)(H,22,32)(H,28,29)(H,23,24,25,26). The van der Waals surface area contributed by atoms with Crippen molar-refractivity contribution in [1.29, 1.82) is 0 Å². The molecule has 1 aliphatic rings. The molecule has 2 unspecified atom stereocenters. The van der Waals surface area contributed by atoms with Crippen LogP contribution in [0.25, 0.3) is 0 Å². The van der Waals surface area contributed by atoms with Crippen LogP contribution in [0.5, 0.6) is 0 Å². The zero-order chi connectivity index (χ0) is 24.2. The van der Waals surface area contributed by atoms with Crippen molar-refractivity contribution in [2.24, 2.45) is 0 Å². The number of aromatic nitrogens is 4. The summed E-state index contributed by atoms with van der Waals surface area (Å²) in [6.45, 7) is 4.91. The summed E-state index contributed by atoms with van der Waals surface area (Å²) in [5.41, 5.74) is 0.346. The molecule has 33 heavy (non-hydrogen) atoms. The number of para-hydroxylation sites is 1. The number of rotatable bonds is 7. The minimum atomic E-state index is -1.45. The molecule has 2 atom stereocenters. The van der Waals surface area contributed by atoms with E-state index in [-0.39, 0.29) is 18.8 Å². The molecule has 2 heterocycles. The fourth-order valence-corrected chi connectivity index (χ4v) is 3.40. The highest BCUT2D eigenvalue weighted by atomic mass is 16.6. The molecular weight excluding hydrogens is 434 g/mol. The van der Waals surface area contributed by atoms with Crippen LogP contribution in [0.4, 0.5) is 10.5 Å². The van der Waals surface area contributed by atoms with Gasteiger partial charge in [0.1, 0.15) is 17.7 Å². The number of carbonyl (C=O) groups is 4. The number of carboxylic acid groups (broad SMARTS) is 1. The number of tetrazole rings is 1. The van der Waals surface area contributed by atoms with E-state index in [4.69, 9.17) is 4.74 Å². The van der Waals surface area contributed by atoms with Crippen LogP contribution < -0.4 is 15.5 Å². The second kappa shape index (κ2) is 9.63. The normalized spacial score (nSPS) is 16.0. The Balaban J connectivity index is 1.84. The zero-order valence-corrected chi connectivity index (χ0v) is 18.4. The molecule has 1 aliphatic heterocycles. The number of aromatic amines is 1. The van der Waals surface area contributed by atoms with E-state index in [1.54, 1.807) is 45.0 Å². The highest BCUT2D eigenvalue weighted by Gasteiger charge is 2.42. The fourth-order valence-electron chi connectivity index (χ4n) is 3.40. The van der Waals surface area contributed by atoms with Gasteiger partial charge in [0.15, 0.2) is 5.82 Å². The zero-order valence-electron chi connectivity index (χ0n) is 18.4. The third kappa shape index (κ3) is 6.02. The van der Waals surface area contributed by atoms with Gasteiger partial charge in [0, 0.05) is 12.1 Å². The second-order valence-electron chi connectivity index (χ2n) is 8.40. The molecule has 0 radical (unpaired) electrons. The number of aliphatic carboxylic acids is 1. The maximum absolute atomic E-state index is 13.5. The van der Waals surface area contributed by atoms with E-state index in [2.05, 4.69) is 31.3 Å². The van der Waals surface area contributed by atoms with E-state index in [0.717, 1.165) is 5.56 Å². The summed E-state index contributed by atoms with van der Waals surface area (Å²) < 4.78 is 5.17. The maximum Gasteiger partial charge on any atom is 0.408 e. The Morgan fingerprint density at radius 1 is 1.27 bits per heavy atom. The molecule has 0 fully saturated rings. The Morgan fingerprint density at radius 2 is 2.00 bits per heavy atom. The summed E-state index contributed by atoms with van der Waals surface area (Å²) in [5.74, 6) is -2.27. The third-order valence-corrected chi connectivity index (χ3v) is 4.69. The molecule has 1 aromatic heterocycles. The van der Waals surface area contributed by atoms with Gasteiger partial charge in [-0.1, -0.05) is 23.4 Å². The molecule has 0 bridgehead atoms. The van der Waals surface area contributed by atoms with Gasteiger partial charge in [-0.3, -0.25) is 19.3 Å². The first kappa shape index (κ1) is 23.6. The lowest BCUT2D eigenvalue weighted by Gasteiger charge is -2.29. The average molecular weight is 459 g/mol. The molecule has 4 N–H and O–H groups in total. The van der Waals surface area contributed by atoms with Crippen LogP contribution in [0, 0.1) is 0 Å². The molecule has 0 saturated heterocycles. The van der Waals surface area contributed by atoms with Gasteiger partial charge in [-0.2, -0.15) is 5.21 Å². The highest BCUT2D eigenvalue weighted by molar-refractivity contribution is 6.07. The number of ether oxygens (including phenoxy) is 1. The number of nitrogens with one attached hydrogen (secondary N) is 3. The molecule has 0 spiro atoms. The van der Waals surface area contributed by atoms with E-state index in [1.165, 1.54) is 4.90 Å². The maximum atomic E-state index is 13.5. The Labute approximate surface area is 188 Å². The van der Waals surface area contributed by atoms with Crippen molar-refractivity contribution >= 4 is 29.6 Å². The van der Waals surface area contributed by atoms with Crippen molar-refractivity contribution in [2.75, 3.05) is 4.90 Å². The van der Waals surface area contributed by atoms with Crippen molar-refractivity contribution in [2.45, 2.75) is 57.8 Å². The Bertz CT molecular complexity index is 1030. The van der Waals surface area contributed by atoms with Crippen molar-refractivity contribution in [3.05, 3.63) is 35.7 Å². The second-order valence-corrected chi connectivity index (χ2v) is 8.40. The van der Waals surface area contributed by atoms with Crippen LogP contribution in [-0.2, 0) is 32.1 Å². The van der Waals surface area contributed by atoms with Crippen LogP contribution in [0.3, 0.4) is 0 Å². The van der Waals surface area contributed by atoms with E-state index in [9.17, 15) is 24.3 Å². The van der Waals surface area contributed by atoms with Gasteiger partial charge in [0.2, 0.25) is 5.91 Å².